The summed E-state index contributed by atoms with van der Waals surface area (Å²) in [4.78, 5) is 30.9. The SMILES string of the molecule is COc1ccccc1C1=C(N2CCc3ccccc32)C(=O)N(c2ccccc2C)C1=O. The normalized spacial score (nSPS) is 15.7. The minimum absolute atomic E-state index is 0.308. The molecule has 3 aromatic carbocycles. The van der Waals surface area contributed by atoms with Crippen LogP contribution in [-0.4, -0.2) is 25.5 Å². The second-order valence-electron chi connectivity index (χ2n) is 7.69. The quantitative estimate of drug-likeness (QED) is 0.600. The number of hydrogen-bond acceptors (Lipinski definition) is 4. The van der Waals surface area contributed by atoms with Gasteiger partial charge in [-0.05, 0) is 42.7 Å². The molecule has 0 N–H and O–H groups in total. The van der Waals surface area contributed by atoms with Crippen LogP contribution in [0.3, 0.4) is 0 Å². The number of ether oxygens (including phenoxy) is 1. The van der Waals surface area contributed by atoms with Gasteiger partial charge in [0, 0.05) is 17.8 Å². The number of carbonyl (C=O) groups is 2. The molecule has 3 aromatic rings. The first-order valence-electron chi connectivity index (χ1n) is 10.3. The smallest absolute Gasteiger partial charge is 0.282 e. The van der Waals surface area contributed by atoms with E-state index in [0.717, 1.165) is 17.7 Å². The van der Waals surface area contributed by atoms with Crippen molar-refractivity contribution in [2.24, 2.45) is 0 Å². The maximum Gasteiger partial charge on any atom is 0.282 e. The van der Waals surface area contributed by atoms with E-state index in [1.807, 2.05) is 78.6 Å². The van der Waals surface area contributed by atoms with Crippen LogP contribution in [-0.2, 0) is 16.0 Å². The van der Waals surface area contributed by atoms with Gasteiger partial charge in [0.05, 0.1) is 18.4 Å². The van der Waals surface area contributed by atoms with Crippen LogP contribution in [0.1, 0.15) is 16.7 Å². The minimum atomic E-state index is -0.330. The van der Waals surface area contributed by atoms with Crippen molar-refractivity contribution in [3.63, 3.8) is 0 Å². The molecule has 2 amide bonds. The van der Waals surface area contributed by atoms with Crippen LogP contribution in [0.5, 0.6) is 5.75 Å². The second kappa shape index (κ2) is 7.43. The van der Waals surface area contributed by atoms with Gasteiger partial charge < -0.3 is 9.64 Å². The molecule has 31 heavy (non-hydrogen) atoms. The molecule has 0 spiro atoms. The van der Waals surface area contributed by atoms with Crippen molar-refractivity contribution in [3.8, 4) is 5.75 Å². The highest BCUT2D eigenvalue weighted by Gasteiger charge is 2.45. The number of hydrogen-bond donors (Lipinski definition) is 0. The number of anilines is 2. The zero-order chi connectivity index (χ0) is 21.5. The van der Waals surface area contributed by atoms with E-state index < -0.39 is 0 Å². The second-order valence-corrected chi connectivity index (χ2v) is 7.69. The Morgan fingerprint density at radius 2 is 1.48 bits per heavy atom. The van der Waals surface area contributed by atoms with Crippen LogP contribution in [0.4, 0.5) is 11.4 Å². The Bertz CT molecular complexity index is 1240. The van der Waals surface area contributed by atoms with E-state index in [4.69, 9.17) is 4.74 Å². The number of para-hydroxylation sites is 3. The highest BCUT2D eigenvalue weighted by molar-refractivity contribution is 6.46. The standard InChI is InChI=1S/C26H22N2O3/c1-17-9-3-6-12-20(17)28-25(29)23(19-11-5-8-14-22(19)31-2)24(26(28)30)27-16-15-18-10-4-7-13-21(18)27/h3-14H,15-16H2,1-2H3. The molecule has 0 aliphatic carbocycles. The van der Waals surface area contributed by atoms with Gasteiger partial charge in [0.2, 0.25) is 0 Å². The number of rotatable bonds is 4. The van der Waals surface area contributed by atoms with E-state index in [1.54, 1.807) is 7.11 Å². The number of methoxy groups -OCH3 is 1. The van der Waals surface area contributed by atoms with Gasteiger partial charge in [0.15, 0.2) is 0 Å². The van der Waals surface area contributed by atoms with Crippen LogP contribution in [0, 0.1) is 6.92 Å². The third-order valence-electron chi connectivity index (χ3n) is 5.95. The van der Waals surface area contributed by atoms with E-state index in [2.05, 4.69) is 6.07 Å². The summed E-state index contributed by atoms with van der Waals surface area (Å²) in [6.45, 7) is 2.55. The van der Waals surface area contributed by atoms with Gasteiger partial charge in [-0.25, -0.2) is 4.90 Å². The van der Waals surface area contributed by atoms with Gasteiger partial charge in [-0.3, -0.25) is 9.59 Å². The fourth-order valence-corrected chi connectivity index (χ4v) is 4.47. The van der Waals surface area contributed by atoms with Crippen LogP contribution in [0.25, 0.3) is 5.57 Å². The predicted octanol–water partition coefficient (Wildman–Crippen LogP) is 4.35. The third kappa shape index (κ3) is 2.93. The number of carbonyl (C=O) groups excluding carboxylic acids is 2. The Labute approximate surface area is 181 Å². The maximum atomic E-state index is 13.8. The molecule has 0 unspecified atom stereocenters. The first-order valence-corrected chi connectivity index (χ1v) is 10.3. The molecule has 154 valence electrons. The fourth-order valence-electron chi connectivity index (χ4n) is 4.47. The van der Waals surface area contributed by atoms with Gasteiger partial charge in [-0.2, -0.15) is 0 Å². The first-order chi connectivity index (χ1) is 15.1. The zero-order valence-electron chi connectivity index (χ0n) is 17.5. The lowest BCUT2D eigenvalue weighted by molar-refractivity contribution is -0.120. The summed E-state index contributed by atoms with van der Waals surface area (Å²) >= 11 is 0. The lowest BCUT2D eigenvalue weighted by Crippen LogP contribution is -2.35. The average Bonchev–Trinajstić information content (AvgIpc) is 3.32. The van der Waals surface area contributed by atoms with Crippen molar-refractivity contribution >= 4 is 28.8 Å². The molecular weight excluding hydrogens is 388 g/mol. The molecule has 5 heteroatoms. The first kappa shape index (κ1) is 19.1. The van der Waals surface area contributed by atoms with Crippen molar-refractivity contribution in [2.75, 3.05) is 23.5 Å². The minimum Gasteiger partial charge on any atom is -0.496 e. The Morgan fingerprint density at radius 3 is 2.26 bits per heavy atom. The van der Waals surface area contributed by atoms with E-state index in [-0.39, 0.29) is 11.8 Å². The van der Waals surface area contributed by atoms with Gasteiger partial charge >= 0.3 is 0 Å². The maximum absolute atomic E-state index is 13.8. The van der Waals surface area contributed by atoms with Gasteiger partial charge in [0.1, 0.15) is 11.4 Å². The van der Waals surface area contributed by atoms with Crippen LogP contribution < -0.4 is 14.5 Å². The Kier molecular flexibility index (Phi) is 4.59. The summed E-state index contributed by atoms with van der Waals surface area (Å²) in [5, 5.41) is 0. The number of imide groups is 1. The van der Waals surface area contributed by atoms with Crippen molar-refractivity contribution in [3.05, 3.63) is 95.2 Å². The Hall–Kier alpha value is -3.86. The molecule has 0 aromatic heterocycles. The fraction of sp³-hybridized carbons (Fsp3) is 0.154. The summed E-state index contributed by atoms with van der Waals surface area (Å²) in [6, 6.07) is 22.8. The molecule has 0 atom stereocenters. The lowest BCUT2D eigenvalue weighted by Gasteiger charge is -2.22. The molecule has 5 rings (SSSR count). The van der Waals surface area contributed by atoms with E-state index in [0.29, 0.717) is 34.8 Å². The predicted molar refractivity (Wildman–Crippen MR) is 121 cm³/mol. The van der Waals surface area contributed by atoms with Crippen LogP contribution in [0.15, 0.2) is 78.5 Å². The number of fused-ring (bicyclic) bond motifs is 1. The summed E-state index contributed by atoms with van der Waals surface area (Å²) in [7, 11) is 1.57. The monoisotopic (exact) mass is 410 g/mol. The van der Waals surface area contributed by atoms with Crippen LogP contribution in [0.2, 0.25) is 0 Å². The van der Waals surface area contributed by atoms with Gasteiger partial charge in [-0.1, -0.05) is 54.6 Å². The largest absolute Gasteiger partial charge is 0.496 e. The molecule has 2 aliphatic heterocycles. The van der Waals surface area contributed by atoms with Crippen LogP contribution >= 0.6 is 0 Å². The third-order valence-corrected chi connectivity index (χ3v) is 5.95. The molecule has 0 fully saturated rings. The van der Waals surface area contributed by atoms with Crippen molar-refractivity contribution < 1.29 is 14.3 Å². The molecule has 2 heterocycles. The summed E-state index contributed by atoms with van der Waals surface area (Å²) in [6.07, 6.45) is 0.824. The van der Waals surface area contributed by atoms with Crippen molar-refractivity contribution in [2.45, 2.75) is 13.3 Å². The summed E-state index contributed by atoms with van der Waals surface area (Å²) in [5.41, 5.74) is 5.02. The number of aryl methyl sites for hydroxylation is 1. The number of amides is 2. The molecule has 0 bridgehead atoms. The molecule has 0 radical (unpaired) electrons. The highest BCUT2D eigenvalue weighted by Crippen LogP contribution is 2.42. The summed E-state index contributed by atoms with van der Waals surface area (Å²) in [5.74, 6) is -0.0737. The van der Waals surface area contributed by atoms with E-state index in [1.165, 1.54) is 10.5 Å². The molecule has 0 saturated heterocycles. The number of nitrogens with zero attached hydrogens (tertiary/aromatic N) is 2. The van der Waals surface area contributed by atoms with Crippen molar-refractivity contribution in [1.29, 1.82) is 0 Å². The number of benzene rings is 3. The van der Waals surface area contributed by atoms with E-state index >= 15 is 0 Å². The Morgan fingerprint density at radius 1 is 0.806 bits per heavy atom. The molecule has 2 aliphatic rings. The van der Waals surface area contributed by atoms with Crippen molar-refractivity contribution in [1.82, 2.24) is 0 Å². The molecular formula is C26H22N2O3. The van der Waals surface area contributed by atoms with Gasteiger partial charge in [-0.15, -0.1) is 0 Å². The zero-order valence-corrected chi connectivity index (χ0v) is 17.5. The van der Waals surface area contributed by atoms with Gasteiger partial charge in [0.25, 0.3) is 11.8 Å². The molecule has 5 nitrogen and oxygen atoms in total. The summed E-state index contributed by atoms with van der Waals surface area (Å²) < 4.78 is 5.55. The highest BCUT2D eigenvalue weighted by atomic mass is 16.5. The lowest BCUT2D eigenvalue weighted by atomic mass is 10.0. The molecule has 0 saturated carbocycles. The topological polar surface area (TPSA) is 49.9 Å². The Balaban J connectivity index is 1.74. The van der Waals surface area contributed by atoms with E-state index in [9.17, 15) is 9.59 Å². The average molecular weight is 410 g/mol.